The smallest absolute Gasteiger partial charge is 0.461 e. The van der Waals surface area contributed by atoms with Crippen LogP contribution in [0.5, 0.6) is 0 Å². The molecule has 0 amide bonds. The minimum Gasteiger partial charge on any atom is -0.739 e. The summed E-state index contributed by atoms with van der Waals surface area (Å²) in [5, 5.41) is 30.1. The Bertz CT molecular complexity index is 576. The molecule has 0 aliphatic heterocycles. The molecule has 0 aliphatic rings. The van der Waals surface area contributed by atoms with Crippen molar-refractivity contribution in [2.75, 3.05) is 18.4 Å². The largest absolute Gasteiger partial charge is 0.739 e. The third kappa shape index (κ3) is 2.80. The van der Waals surface area contributed by atoms with E-state index in [2.05, 4.69) is 10.4 Å². The van der Waals surface area contributed by atoms with E-state index in [1.54, 1.807) is 18.2 Å². The monoisotopic (exact) mass is 264 g/mol. The first kappa shape index (κ1) is 13.2. The highest BCUT2D eigenvalue weighted by molar-refractivity contribution is 5.67. The van der Waals surface area contributed by atoms with Crippen LogP contribution in [-0.2, 0) is 0 Å². The van der Waals surface area contributed by atoms with Crippen LogP contribution in [0.15, 0.2) is 24.3 Å². The van der Waals surface area contributed by atoms with E-state index in [-0.39, 0.29) is 23.0 Å². The van der Waals surface area contributed by atoms with Crippen molar-refractivity contribution < 1.29 is 9.58 Å². The van der Waals surface area contributed by atoms with Crippen LogP contribution in [0, 0.1) is 10.4 Å². The van der Waals surface area contributed by atoms with Gasteiger partial charge in [-0.1, -0.05) is 12.1 Å². The number of para-hydroxylation sites is 2. The lowest BCUT2D eigenvalue weighted by Crippen LogP contribution is -2.45. The van der Waals surface area contributed by atoms with Crippen LogP contribution in [0.3, 0.4) is 0 Å². The highest BCUT2D eigenvalue weighted by atomic mass is 16.5. The van der Waals surface area contributed by atoms with E-state index in [1.807, 2.05) is 0 Å². The van der Waals surface area contributed by atoms with Gasteiger partial charge in [0.2, 0.25) is 5.10 Å². The molecule has 102 valence electrons. The summed E-state index contributed by atoms with van der Waals surface area (Å²) in [5.74, 6) is -0.0684. The van der Waals surface area contributed by atoms with Crippen LogP contribution >= 0.6 is 0 Å². The Hall–Kier alpha value is -2.19. The maximum absolute atomic E-state index is 12.0. The van der Waals surface area contributed by atoms with E-state index in [4.69, 9.17) is 11.5 Å². The Balaban J connectivity index is 2.26. The van der Waals surface area contributed by atoms with Crippen LogP contribution < -0.4 is 26.4 Å². The summed E-state index contributed by atoms with van der Waals surface area (Å²) >= 11 is 0. The van der Waals surface area contributed by atoms with Crippen molar-refractivity contribution in [3.05, 3.63) is 34.7 Å². The molecular formula is C11H16N6O2. The maximum atomic E-state index is 12.0. The minimum absolute atomic E-state index is 0.0684. The average molecular weight is 264 g/mol. The van der Waals surface area contributed by atoms with Crippen molar-refractivity contribution in [3.63, 3.8) is 0 Å². The van der Waals surface area contributed by atoms with Gasteiger partial charge in [-0.15, -0.1) is 0 Å². The normalized spacial score (nSPS) is 12.5. The molecule has 0 aliphatic carbocycles. The van der Waals surface area contributed by atoms with E-state index in [0.29, 0.717) is 29.1 Å². The number of rotatable bonds is 5. The van der Waals surface area contributed by atoms with Crippen LogP contribution in [0.1, 0.15) is 6.42 Å². The zero-order valence-electron chi connectivity index (χ0n) is 10.3. The van der Waals surface area contributed by atoms with E-state index in [1.165, 1.54) is 6.07 Å². The molecule has 0 bridgehead atoms. The molecule has 0 radical (unpaired) electrons. The van der Waals surface area contributed by atoms with E-state index in [9.17, 15) is 10.4 Å². The molecule has 0 saturated carbocycles. The Kier molecular flexibility index (Phi) is 3.93. The number of hydrogen-bond acceptors (Lipinski definition) is 6. The summed E-state index contributed by atoms with van der Waals surface area (Å²) in [7, 11) is 0. The number of hydrogen-bond donors (Lipinski definition) is 3. The highest BCUT2D eigenvalue weighted by Crippen LogP contribution is 2.05. The third-order valence-electron chi connectivity index (χ3n) is 2.74. The summed E-state index contributed by atoms with van der Waals surface area (Å²) in [6.45, 7) is 0.789. The summed E-state index contributed by atoms with van der Waals surface area (Å²) in [5.41, 5.74) is 11.6. The summed E-state index contributed by atoms with van der Waals surface area (Å²) < 4.78 is 0.582. The van der Waals surface area contributed by atoms with Crippen LogP contribution in [0.4, 0.5) is 5.95 Å². The van der Waals surface area contributed by atoms with Gasteiger partial charge in [-0.05, 0) is 19.0 Å². The second-order valence-corrected chi connectivity index (χ2v) is 4.20. The number of anilines is 1. The minimum atomic E-state index is -0.196. The molecule has 8 nitrogen and oxygen atoms in total. The van der Waals surface area contributed by atoms with Gasteiger partial charge in [0.25, 0.3) is 5.52 Å². The van der Waals surface area contributed by atoms with Gasteiger partial charge >= 0.3 is 5.95 Å². The van der Waals surface area contributed by atoms with Gasteiger partial charge in [-0.3, -0.25) is 5.32 Å². The van der Waals surface area contributed by atoms with Gasteiger partial charge in [0.1, 0.15) is 0 Å². The lowest BCUT2D eigenvalue weighted by atomic mass is 10.2. The molecule has 5 N–H and O–H groups in total. The van der Waals surface area contributed by atoms with Crippen molar-refractivity contribution in [2.24, 2.45) is 11.5 Å². The van der Waals surface area contributed by atoms with Gasteiger partial charge in [0.15, 0.2) is 5.52 Å². The SMILES string of the molecule is NCCC(N)CNc1n[n+]([O-])c2ccccc2[n+]1[O-]. The Morgan fingerprint density at radius 3 is 2.63 bits per heavy atom. The van der Waals surface area contributed by atoms with Gasteiger partial charge in [-0.25, -0.2) is 4.73 Å². The van der Waals surface area contributed by atoms with Gasteiger partial charge < -0.3 is 21.9 Å². The number of nitrogens with one attached hydrogen (secondary N) is 1. The molecule has 1 heterocycles. The zero-order valence-corrected chi connectivity index (χ0v) is 10.3. The van der Waals surface area contributed by atoms with Gasteiger partial charge in [0, 0.05) is 17.0 Å². The average Bonchev–Trinajstić information content (AvgIpc) is 2.42. The quantitative estimate of drug-likeness (QED) is 0.449. The summed E-state index contributed by atoms with van der Waals surface area (Å²) in [6, 6.07) is 6.25. The number of benzene rings is 1. The number of aromatic nitrogens is 3. The Morgan fingerprint density at radius 2 is 1.95 bits per heavy atom. The second-order valence-electron chi connectivity index (χ2n) is 4.20. The van der Waals surface area contributed by atoms with Crippen molar-refractivity contribution in [1.82, 2.24) is 5.10 Å². The first-order valence-electron chi connectivity index (χ1n) is 5.95. The van der Waals surface area contributed by atoms with Crippen LogP contribution in [0.2, 0.25) is 0 Å². The van der Waals surface area contributed by atoms with Crippen LogP contribution in [-0.4, -0.2) is 24.2 Å². The lowest BCUT2D eigenvalue weighted by Gasteiger charge is -2.12. The molecular weight excluding hydrogens is 248 g/mol. The van der Waals surface area contributed by atoms with E-state index >= 15 is 0 Å². The maximum Gasteiger partial charge on any atom is 0.461 e. The topological polar surface area (TPSA) is 131 Å². The molecule has 2 rings (SSSR count). The molecule has 19 heavy (non-hydrogen) atoms. The Morgan fingerprint density at radius 1 is 1.26 bits per heavy atom. The first-order valence-corrected chi connectivity index (χ1v) is 5.95. The number of nitrogens with zero attached hydrogens (tertiary/aromatic N) is 3. The molecule has 1 aromatic carbocycles. The molecule has 0 spiro atoms. The van der Waals surface area contributed by atoms with E-state index < -0.39 is 0 Å². The molecule has 1 atom stereocenters. The van der Waals surface area contributed by atoms with Crippen LogP contribution in [0.25, 0.3) is 11.0 Å². The number of fused-ring (bicyclic) bond motifs is 1. The van der Waals surface area contributed by atoms with Crippen molar-refractivity contribution in [3.8, 4) is 0 Å². The van der Waals surface area contributed by atoms with E-state index in [0.717, 1.165) is 0 Å². The molecule has 1 aromatic heterocycles. The summed E-state index contributed by atoms with van der Waals surface area (Å²) in [4.78, 5) is 0.417. The van der Waals surface area contributed by atoms with Gasteiger partial charge in [-0.2, -0.15) is 0 Å². The van der Waals surface area contributed by atoms with Crippen molar-refractivity contribution in [1.29, 1.82) is 0 Å². The highest BCUT2D eigenvalue weighted by Gasteiger charge is 2.19. The summed E-state index contributed by atoms with van der Waals surface area (Å²) in [6.07, 6.45) is 0.622. The fraction of sp³-hybridized carbons (Fsp3) is 0.364. The Labute approximate surface area is 109 Å². The molecule has 2 aromatic rings. The lowest BCUT2D eigenvalue weighted by molar-refractivity contribution is -0.672. The molecule has 0 saturated heterocycles. The van der Waals surface area contributed by atoms with Crippen molar-refractivity contribution >= 4 is 17.0 Å². The molecule has 8 heteroatoms. The predicted octanol–water partition coefficient (Wildman–Crippen LogP) is -1.41. The third-order valence-corrected chi connectivity index (χ3v) is 2.74. The fourth-order valence-electron chi connectivity index (χ4n) is 1.74. The fourth-order valence-corrected chi connectivity index (χ4v) is 1.74. The standard InChI is InChI=1S/C11H16N6O2/c12-6-5-8(13)7-14-11-15-17(19)10-4-2-1-3-9(10)16(11)18/h1-4,8H,5-7,12-13H2,(H,14,15). The van der Waals surface area contributed by atoms with Crippen molar-refractivity contribution in [2.45, 2.75) is 12.5 Å². The number of nitrogens with two attached hydrogens (primary N) is 2. The molecule has 1 unspecified atom stereocenters. The predicted molar refractivity (Wildman–Crippen MR) is 69.8 cm³/mol. The second kappa shape index (κ2) is 5.63. The zero-order chi connectivity index (χ0) is 13.8. The first-order chi connectivity index (χ1) is 9.13. The molecule has 0 fully saturated rings. The van der Waals surface area contributed by atoms with Gasteiger partial charge in [0.05, 0.1) is 6.54 Å².